The standard InChI is InChI=1S/C18H13N3O4/c1-24-16-4-2-3-5-17(16)25-13-6-7-15(14(8-13)18(22)23)21-11-12(9-19)10-20/h2-8,11,21H,1H3,(H,22,23). The van der Waals surface area contributed by atoms with Gasteiger partial charge in [-0.25, -0.2) is 4.79 Å². The summed E-state index contributed by atoms with van der Waals surface area (Å²) in [7, 11) is 1.51. The van der Waals surface area contributed by atoms with Crippen LogP contribution in [0.25, 0.3) is 0 Å². The molecule has 0 atom stereocenters. The molecule has 124 valence electrons. The lowest BCUT2D eigenvalue weighted by Crippen LogP contribution is -2.03. The molecule has 0 aliphatic rings. The summed E-state index contributed by atoms with van der Waals surface area (Å²) < 4.78 is 10.9. The summed E-state index contributed by atoms with van der Waals surface area (Å²) in [4.78, 5) is 11.5. The van der Waals surface area contributed by atoms with Gasteiger partial charge in [-0.05, 0) is 30.3 Å². The number of carbonyl (C=O) groups is 1. The zero-order chi connectivity index (χ0) is 18.2. The summed E-state index contributed by atoms with van der Waals surface area (Å²) in [6.45, 7) is 0. The molecule has 0 bridgehead atoms. The fourth-order valence-electron chi connectivity index (χ4n) is 1.96. The molecule has 0 spiro atoms. The average Bonchev–Trinajstić information content (AvgIpc) is 2.63. The van der Waals surface area contributed by atoms with Crippen LogP contribution >= 0.6 is 0 Å². The Morgan fingerprint density at radius 3 is 2.44 bits per heavy atom. The molecule has 25 heavy (non-hydrogen) atoms. The number of rotatable bonds is 6. The number of ether oxygens (including phenoxy) is 2. The Hall–Kier alpha value is -3.97. The Morgan fingerprint density at radius 1 is 1.16 bits per heavy atom. The lowest BCUT2D eigenvalue weighted by molar-refractivity contribution is 0.0697. The van der Waals surface area contributed by atoms with Crippen LogP contribution in [0.15, 0.2) is 54.2 Å². The van der Waals surface area contributed by atoms with Crippen molar-refractivity contribution >= 4 is 11.7 Å². The second-order valence-corrected chi connectivity index (χ2v) is 4.69. The number of methoxy groups -OCH3 is 1. The summed E-state index contributed by atoms with van der Waals surface area (Å²) in [6.07, 6.45) is 1.14. The van der Waals surface area contributed by atoms with Crippen LogP contribution in [-0.2, 0) is 0 Å². The molecule has 0 heterocycles. The Kier molecular flexibility index (Phi) is 5.59. The Balaban J connectivity index is 2.33. The number of nitrogens with zero attached hydrogens (tertiary/aromatic N) is 2. The zero-order valence-electron chi connectivity index (χ0n) is 13.2. The summed E-state index contributed by atoms with van der Waals surface area (Å²) >= 11 is 0. The van der Waals surface area contributed by atoms with E-state index in [1.807, 2.05) is 0 Å². The van der Waals surface area contributed by atoms with Crippen LogP contribution < -0.4 is 14.8 Å². The molecule has 0 fully saturated rings. The first-order valence-electron chi connectivity index (χ1n) is 7.04. The fraction of sp³-hybridized carbons (Fsp3) is 0.0556. The molecule has 0 aromatic heterocycles. The maximum atomic E-state index is 11.5. The van der Waals surface area contributed by atoms with Crippen molar-refractivity contribution in [1.82, 2.24) is 0 Å². The van der Waals surface area contributed by atoms with Crippen LogP contribution in [0.3, 0.4) is 0 Å². The predicted molar refractivity (Wildman–Crippen MR) is 89.4 cm³/mol. The van der Waals surface area contributed by atoms with Gasteiger partial charge in [0.25, 0.3) is 0 Å². The second-order valence-electron chi connectivity index (χ2n) is 4.69. The highest BCUT2D eigenvalue weighted by molar-refractivity contribution is 5.95. The van der Waals surface area contributed by atoms with Gasteiger partial charge >= 0.3 is 5.97 Å². The van der Waals surface area contributed by atoms with Gasteiger partial charge < -0.3 is 19.9 Å². The molecule has 0 saturated carbocycles. The third-order valence-electron chi connectivity index (χ3n) is 3.13. The van der Waals surface area contributed by atoms with Gasteiger partial charge in [0.1, 0.15) is 23.5 Å². The number of allylic oxidation sites excluding steroid dienone is 1. The molecule has 0 radical (unpaired) electrons. The quantitative estimate of drug-likeness (QED) is 0.776. The molecular formula is C18H13N3O4. The van der Waals surface area contributed by atoms with Gasteiger partial charge in [-0.2, -0.15) is 10.5 Å². The van der Waals surface area contributed by atoms with E-state index in [0.29, 0.717) is 17.2 Å². The number of benzene rings is 2. The number of aromatic carboxylic acids is 1. The van der Waals surface area contributed by atoms with E-state index >= 15 is 0 Å². The molecular weight excluding hydrogens is 322 g/mol. The minimum atomic E-state index is -1.18. The minimum Gasteiger partial charge on any atom is -0.493 e. The summed E-state index contributed by atoms with van der Waals surface area (Å²) in [5.41, 5.74) is -0.0209. The molecule has 2 aromatic rings. The highest BCUT2D eigenvalue weighted by atomic mass is 16.5. The Labute approximate surface area is 144 Å². The molecule has 0 saturated heterocycles. The highest BCUT2D eigenvalue weighted by Gasteiger charge is 2.13. The van der Waals surface area contributed by atoms with Crippen LogP contribution in [0.5, 0.6) is 17.2 Å². The molecule has 7 nitrogen and oxygen atoms in total. The maximum absolute atomic E-state index is 11.5. The van der Waals surface area contributed by atoms with Crippen molar-refractivity contribution in [1.29, 1.82) is 10.5 Å². The highest BCUT2D eigenvalue weighted by Crippen LogP contribution is 2.32. The maximum Gasteiger partial charge on any atom is 0.337 e. The summed E-state index contributed by atoms with van der Waals surface area (Å²) in [6, 6.07) is 14.7. The predicted octanol–water partition coefficient (Wildman–Crippen LogP) is 3.53. The Morgan fingerprint density at radius 2 is 1.84 bits per heavy atom. The first-order chi connectivity index (χ1) is 12.1. The van der Waals surface area contributed by atoms with E-state index in [4.69, 9.17) is 20.0 Å². The van der Waals surface area contributed by atoms with Crippen LogP contribution in [0.4, 0.5) is 5.69 Å². The molecule has 2 N–H and O–H groups in total. The van der Waals surface area contributed by atoms with Crippen LogP contribution in [0.1, 0.15) is 10.4 Å². The van der Waals surface area contributed by atoms with Crippen LogP contribution in [0, 0.1) is 22.7 Å². The SMILES string of the molecule is COc1ccccc1Oc1ccc(NC=C(C#N)C#N)c(C(=O)O)c1. The number of carboxylic acids is 1. The first-order valence-corrected chi connectivity index (χ1v) is 7.04. The van der Waals surface area contributed by atoms with Crippen molar-refractivity contribution in [2.45, 2.75) is 0 Å². The van der Waals surface area contributed by atoms with E-state index in [9.17, 15) is 9.90 Å². The van der Waals surface area contributed by atoms with Gasteiger partial charge in [0.2, 0.25) is 0 Å². The van der Waals surface area contributed by atoms with E-state index < -0.39 is 5.97 Å². The zero-order valence-corrected chi connectivity index (χ0v) is 13.2. The van der Waals surface area contributed by atoms with Crippen LogP contribution in [0.2, 0.25) is 0 Å². The molecule has 0 unspecified atom stereocenters. The van der Waals surface area contributed by atoms with E-state index in [0.717, 1.165) is 6.20 Å². The third-order valence-corrected chi connectivity index (χ3v) is 3.13. The second kappa shape index (κ2) is 8.04. The normalized spacial score (nSPS) is 9.24. The monoisotopic (exact) mass is 335 g/mol. The molecule has 7 heteroatoms. The van der Waals surface area contributed by atoms with Crippen molar-refractivity contribution in [2.75, 3.05) is 12.4 Å². The molecule has 0 aliphatic carbocycles. The molecule has 2 aromatic carbocycles. The summed E-state index contributed by atoms with van der Waals surface area (Å²) in [5.74, 6) is 0.0736. The van der Waals surface area contributed by atoms with Gasteiger partial charge in [0.05, 0.1) is 18.4 Å². The molecule has 0 amide bonds. The largest absolute Gasteiger partial charge is 0.493 e. The average molecular weight is 335 g/mol. The van der Waals surface area contributed by atoms with Gasteiger partial charge in [0, 0.05) is 6.20 Å². The minimum absolute atomic E-state index is 0.0705. The number of nitriles is 2. The molecule has 2 rings (SSSR count). The van der Waals surface area contributed by atoms with Gasteiger partial charge in [-0.15, -0.1) is 0 Å². The first kappa shape index (κ1) is 17.4. The van der Waals surface area contributed by atoms with Crippen LogP contribution in [-0.4, -0.2) is 18.2 Å². The van der Waals surface area contributed by atoms with Crippen molar-refractivity contribution in [2.24, 2.45) is 0 Å². The fourth-order valence-corrected chi connectivity index (χ4v) is 1.96. The number of nitrogens with one attached hydrogen (secondary N) is 1. The van der Waals surface area contributed by atoms with Crippen molar-refractivity contribution in [3.8, 4) is 29.4 Å². The lowest BCUT2D eigenvalue weighted by atomic mass is 10.1. The number of hydrogen-bond donors (Lipinski definition) is 2. The van der Waals surface area contributed by atoms with E-state index in [2.05, 4.69) is 5.32 Å². The Bertz CT molecular complexity index is 891. The number of carboxylic acid groups (broad SMARTS) is 1. The third kappa shape index (κ3) is 4.27. The van der Waals surface area contributed by atoms with Crippen molar-refractivity contribution in [3.05, 3.63) is 59.8 Å². The van der Waals surface area contributed by atoms with E-state index in [1.54, 1.807) is 42.5 Å². The number of anilines is 1. The summed E-state index contributed by atoms with van der Waals surface area (Å²) in [5, 5.41) is 29.4. The number of para-hydroxylation sites is 2. The van der Waals surface area contributed by atoms with E-state index in [1.165, 1.54) is 19.2 Å². The molecule has 0 aliphatic heterocycles. The topological polar surface area (TPSA) is 115 Å². The van der Waals surface area contributed by atoms with Gasteiger partial charge in [-0.1, -0.05) is 12.1 Å². The van der Waals surface area contributed by atoms with Gasteiger partial charge in [0.15, 0.2) is 11.5 Å². The van der Waals surface area contributed by atoms with E-state index in [-0.39, 0.29) is 16.8 Å². The smallest absolute Gasteiger partial charge is 0.337 e. The lowest BCUT2D eigenvalue weighted by Gasteiger charge is -2.12. The van der Waals surface area contributed by atoms with Crippen molar-refractivity contribution < 1.29 is 19.4 Å². The number of hydrogen-bond acceptors (Lipinski definition) is 6. The van der Waals surface area contributed by atoms with Crippen molar-refractivity contribution in [3.63, 3.8) is 0 Å². The van der Waals surface area contributed by atoms with Gasteiger partial charge in [-0.3, -0.25) is 0 Å².